The van der Waals surface area contributed by atoms with Crippen LogP contribution >= 0.6 is 34.5 Å². The zero-order chi connectivity index (χ0) is 21.1. The summed E-state index contributed by atoms with van der Waals surface area (Å²) in [5.41, 5.74) is 2.45. The quantitative estimate of drug-likeness (QED) is 0.356. The van der Waals surface area contributed by atoms with Crippen molar-refractivity contribution < 1.29 is 4.79 Å². The van der Waals surface area contributed by atoms with Crippen molar-refractivity contribution in [3.8, 4) is 12.3 Å². The molecule has 0 fully saturated rings. The zero-order valence-electron chi connectivity index (χ0n) is 15.8. The average molecular weight is 451 g/mol. The van der Waals surface area contributed by atoms with Crippen LogP contribution in [0.25, 0.3) is 10.2 Å². The number of terminal acetylenes is 1. The van der Waals surface area contributed by atoms with Gasteiger partial charge in [-0.3, -0.25) is 4.79 Å². The number of nitrogens with zero attached hydrogens (tertiary/aromatic N) is 2. The SMILES string of the molecule is C#CCn1c(=NC(=O)C(c2ccccc2)c2ccccc2)sc2ccc(Cl)c(Cl)c21. The summed E-state index contributed by atoms with van der Waals surface area (Å²) in [5.74, 6) is 1.82. The molecule has 3 aromatic carbocycles. The summed E-state index contributed by atoms with van der Waals surface area (Å²) >= 11 is 14.0. The predicted octanol–water partition coefficient (Wildman–Crippen LogP) is 5.90. The van der Waals surface area contributed by atoms with Gasteiger partial charge in [0.1, 0.15) is 0 Å². The molecular formula is C24H16Cl2N2OS. The summed E-state index contributed by atoms with van der Waals surface area (Å²) in [6, 6.07) is 22.8. The fourth-order valence-electron chi connectivity index (χ4n) is 3.35. The summed E-state index contributed by atoms with van der Waals surface area (Å²) in [6.07, 6.45) is 5.57. The van der Waals surface area contributed by atoms with Gasteiger partial charge in [-0.05, 0) is 23.3 Å². The highest BCUT2D eigenvalue weighted by Gasteiger charge is 2.23. The van der Waals surface area contributed by atoms with Crippen LogP contribution in [0.15, 0.2) is 77.8 Å². The molecule has 1 aromatic heterocycles. The first kappa shape index (κ1) is 20.4. The molecule has 0 radical (unpaired) electrons. The molecule has 0 spiro atoms. The number of halogens is 2. The lowest BCUT2D eigenvalue weighted by molar-refractivity contribution is -0.118. The first-order chi connectivity index (χ1) is 14.6. The van der Waals surface area contributed by atoms with Gasteiger partial charge in [0.05, 0.1) is 32.7 Å². The molecule has 0 aliphatic carbocycles. The number of benzene rings is 3. The molecule has 1 heterocycles. The normalized spacial score (nSPS) is 11.7. The number of carbonyl (C=O) groups excluding carboxylic acids is 1. The fraction of sp³-hybridized carbons (Fsp3) is 0.0833. The van der Waals surface area contributed by atoms with Crippen LogP contribution in [0.5, 0.6) is 0 Å². The van der Waals surface area contributed by atoms with Crippen LogP contribution in [-0.2, 0) is 11.3 Å². The van der Waals surface area contributed by atoms with Crippen LogP contribution in [0, 0.1) is 12.3 Å². The Bertz CT molecular complexity index is 1280. The smallest absolute Gasteiger partial charge is 0.260 e. The van der Waals surface area contributed by atoms with E-state index in [1.165, 1.54) is 11.3 Å². The Morgan fingerprint density at radius 3 is 2.17 bits per heavy atom. The Hall–Kier alpha value is -2.84. The molecule has 0 unspecified atom stereocenters. The van der Waals surface area contributed by atoms with Crippen LogP contribution in [0.4, 0.5) is 0 Å². The minimum Gasteiger partial charge on any atom is -0.303 e. The molecule has 3 nitrogen and oxygen atoms in total. The first-order valence-electron chi connectivity index (χ1n) is 9.19. The van der Waals surface area contributed by atoms with Gasteiger partial charge < -0.3 is 4.57 Å². The maximum atomic E-state index is 13.4. The summed E-state index contributed by atoms with van der Waals surface area (Å²) in [4.78, 5) is 18.4. The van der Waals surface area contributed by atoms with Crippen molar-refractivity contribution in [3.63, 3.8) is 0 Å². The van der Waals surface area contributed by atoms with Crippen molar-refractivity contribution in [1.29, 1.82) is 0 Å². The van der Waals surface area contributed by atoms with E-state index in [4.69, 9.17) is 29.6 Å². The summed E-state index contributed by atoms with van der Waals surface area (Å²) in [7, 11) is 0. The number of rotatable bonds is 4. The van der Waals surface area contributed by atoms with Crippen molar-refractivity contribution >= 4 is 50.7 Å². The molecule has 0 saturated carbocycles. The van der Waals surface area contributed by atoms with Crippen LogP contribution < -0.4 is 4.80 Å². The van der Waals surface area contributed by atoms with Crippen molar-refractivity contribution in [1.82, 2.24) is 4.57 Å². The van der Waals surface area contributed by atoms with Gasteiger partial charge in [-0.2, -0.15) is 4.99 Å². The van der Waals surface area contributed by atoms with Gasteiger partial charge >= 0.3 is 0 Å². The van der Waals surface area contributed by atoms with Crippen molar-refractivity contribution in [2.45, 2.75) is 12.5 Å². The number of hydrogen-bond donors (Lipinski definition) is 0. The lowest BCUT2D eigenvalue weighted by atomic mass is 9.91. The summed E-state index contributed by atoms with van der Waals surface area (Å²) in [6.45, 7) is 0.230. The number of amides is 1. The van der Waals surface area contributed by atoms with Gasteiger partial charge in [0.15, 0.2) is 4.80 Å². The van der Waals surface area contributed by atoms with Crippen molar-refractivity contribution in [2.75, 3.05) is 0 Å². The maximum Gasteiger partial charge on any atom is 0.260 e. The average Bonchev–Trinajstić information content (AvgIpc) is 3.10. The lowest BCUT2D eigenvalue weighted by Crippen LogP contribution is -2.20. The largest absolute Gasteiger partial charge is 0.303 e. The molecular weight excluding hydrogens is 435 g/mol. The summed E-state index contributed by atoms with van der Waals surface area (Å²) < 4.78 is 2.63. The Morgan fingerprint density at radius 2 is 1.60 bits per heavy atom. The second-order valence-corrected chi connectivity index (χ2v) is 8.38. The lowest BCUT2D eigenvalue weighted by Gasteiger charge is -2.14. The Labute approximate surface area is 188 Å². The van der Waals surface area contributed by atoms with E-state index in [2.05, 4.69) is 10.9 Å². The molecule has 0 bridgehead atoms. The van der Waals surface area contributed by atoms with Gasteiger partial charge in [0.2, 0.25) is 0 Å². The standard InChI is InChI=1S/C24H16Cl2N2OS/c1-2-15-28-22-19(14-13-18(25)21(22)26)30-24(28)27-23(29)20(16-9-5-3-6-10-16)17-11-7-4-8-12-17/h1,3-14,20H,15H2. The topological polar surface area (TPSA) is 34.4 Å². The van der Waals surface area contributed by atoms with E-state index in [0.29, 0.717) is 20.4 Å². The number of hydrogen-bond acceptors (Lipinski definition) is 2. The van der Waals surface area contributed by atoms with Crippen molar-refractivity contribution in [2.24, 2.45) is 4.99 Å². The van der Waals surface area contributed by atoms with E-state index in [1.54, 1.807) is 10.6 Å². The minimum atomic E-state index is -0.518. The molecule has 0 saturated heterocycles. The third-order valence-corrected chi connectivity index (χ3v) is 6.54. The summed E-state index contributed by atoms with van der Waals surface area (Å²) in [5, 5.41) is 0.828. The fourth-order valence-corrected chi connectivity index (χ4v) is 4.87. The second-order valence-electron chi connectivity index (χ2n) is 6.59. The highest BCUT2D eigenvalue weighted by molar-refractivity contribution is 7.16. The van der Waals surface area contributed by atoms with Gasteiger partial charge in [0.25, 0.3) is 5.91 Å². The molecule has 30 heavy (non-hydrogen) atoms. The Balaban J connectivity index is 1.90. The van der Waals surface area contributed by atoms with E-state index >= 15 is 0 Å². The molecule has 0 N–H and O–H groups in total. The monoisotopic (exact) mass is 450 g/mol. The molecule has 1 amide bonds. The Morgan fingerprint density at radius 1 is 1.00 bits per heavy atom. The van der Waals surface area contributed by atoms with Gasteiger partial charge in [-0.1, -0.05) is 101 Å². The molecule has 4 rings (SSSR count). The number of aromatic nitrogens is 1. The molecule has 0 aliphatic heterocycles. The van der Waals surface area contributed by atoms with Gasteiger partial charge in [-0.25, -0.2) is 0 Å². The van der Waals surface area contributed by atoms with E-state index in [0.717, 1.165) is 15.8 Å². The van der Waals surface area contributed by atoms with Gasteiger partial charge in [-0.15, -0.1) is 6.42 Å². The maximum absolute atomic E-state index is 13.4. The highest BCUT2D eigenvalue weighted by atomic mass is 35.5. The first-order valence-corrected chi connectivity index (χ1v) is 10.8. The van der Waals surface area contributed by atoms with Crippen molar-refractivity contribution in [3.05, 3.63) is 98.8 Å². The van der Waals surface area contributed by atoms with E-state index in [9.17, 15) is 4.79 Å². The van der Waals surface area contributed by atoms with Crippen LogP contribution in [0.1, 0.15) is 17.0 Å². The zero-order valence-corrected chi connectivity index (χ0v) is 18.1. The minimum absolute atomic E-state index is 0.230. The van der Waals surface area contributed by atoms with Gasteiger partial charge in [0, 0.05) is 0 Å². The second kappa shape index (κ2) is 8.89. The van der Waals surface area contributed by atoms with E-state index in [1.807, 2.05) is 66.7 Å². The van der Waals surface area contributed by atoms with E-state index in [-0.39, 0.29) is 12.5 Å². The predicted molar refractivity (Wildman–Crippen MR) is 124 cm³/mol. The van der Waals surface area contributed by atoms with Crippen LogP contribution in [0.2, 0.25) is 10.0 Å². The molecule has 6 heteroatoms. The molecule has 148 valence electrons. The number of fused-ring (bicyclic) bond motifs is 1. The third kappa shape index (κ3) is 3.93. The molecule has 0 aliphatic rings. The highest BCUT2D eigenvalue weighted by Crippen LogP contribution is 2.32. The van der Waals surface area contributed by atoms with Crippen LogP contribution in [-0.4, -0.2) is 10.5 Å². The van der Waals surface area contributed by atoms with E-state index < -0.39 is 5.92 Å². The third-order valence-electron chi connectivity index (χ3n) is 4.70. The molecule has 4 aromatic rings. The number of carbonyl (C=O) groups is 1. The number of thiazole rings is 1. The Kier molecular flexibility index (Phi) is 6.06. The molecule has 0 atom stereocenters. The van der Waals surface area contributed by atoms with Crippen LogP contribution in [0.3, 0.4) is 0 Å².